The highest BCUT2D eigenvalue weighted by atomic mass is 32.2. The Bertz CT molecular complexity index is 1450. The van der Waals surface area contributed by atoms with Crippen molar-refractivity contribution in [3.05, 3.63) is 90.0 Å². The second-order valence-corrected chi connectivity index (χ2v) is 12.4. The van der Waals surface area contributed by atoms with Crippen LogP contribution in [-0.2, 0) is 32.6 Å². The number of anilines is 1. The highest BCUT2D eigenvalue weighted by molar-refractivity contribution is 7.92. The fraction of sp³-hybridized carbons (Fsp3) is 0.375. The number of hydrogen-bond donors (Lipinski definition) is 1. The largest absolute Gasteiger partial charge is 0.454 e. The quantitative estimate of drug-likeness (QED) is 0.295. The van der Waals surface area contributed by atoms with Crippen LogP contribution in [0.1, 0.15) is 44.2 Å². The summed E-state index contributed by atoms with van der Waals surface area (Å²) in [5, 5.41) is 3.06. The van der Waals surface area contributed by atoms with Crippen molar-refractivity contribution in [2.75, 3.05) is 23.9 Å². The Morgan fingerprint density at radius 1 is 0.929 bits per heavy atom. The molecule has 0 aliphatic carbocycles. The fourth-order valence-corrected chi connectivity index (χ4v) is 5.78. The summed E-state index contributed by atoms with van der Waals surface area (Å²) in [4.78, 5) is 29.2. The minimum Gasteiger partial charge on any atom is -0.454 e. The third-order valence-electron chi connectivity index (χ3n) is 7.26. The van der Waals surface area contributed by atoms with Gasteiger partial charge in [0, 0.05) is 38.0 Å². The molecule has 42 heavy (non-hydrogen) atoms. The van der Waals surface area contributed by atoms with Gasteiger partial charge in [0.2, 0.25) is 28.6 Å². The average Bonchev–Trinajstić information content (AvgIpc) is 3.45. The molecule has 1 heterocycles. The first-order valence-corrected chi connectivity index (χ1v) is 16.1. The lowest BCUT2D eigenvalue weighted by Crippen LogP contribution is -2.52. The van der Waals surface area contributed by atoms with E-state index in [9.17, 15) is 18.0 Å². The molecule has 3 aromatic carbocycles. The fourth-order valence-electron chi connectivity index (χ4n) is 4.82. The number of amides is 2. The molecule has 0 aromatic heterocycles. The van der Waals surface area contributed by atoms with Gasteiger partial charge in [-0.3, -0.25) is 13.9 Å². The van der Waals surface area contributed by atoms with Gasteiger partial charge in [-0.1, -0.05) is 67.6 Å². The van der Waals surface area contributed by atoms with E-state index in [1.165, 1.54) is 4.31 Å². The van der Waals surface area contributed by atoms with Gasteiger partial charge in [0.25, 0.3) is 0 Å². The first kappa shape index (κ1) is 30.9. The molecule has 0 unspecified atom stereocenters. The van der Waals surface area contributed by atoms with Crippen LogP contribution >= 0.6 is 0 Å². The molecule has 0 radical (unpaired) electrons. The van der Waals surface area contributed by atoms with Crippen molar-refractivity contribution in [3.8, 4) is 11.5 Å². The molecule has 4 rings (SSSR count). The monoisotopic (exact) mass is 593 g/mol. The van der Waals surface area contributed by atoms with Crippen molar-refractivity contribution in [1.82, 2.24) is 10.2 Å². The summed E-state index contributed by atoms with van der Waals surface area (Å²) in [6.45, 7) is 4.36. The lowest BCUT2D eigenvalue weighted by molar-refractivity contribution is -0.141. The number of sulfonamides is 1. The lowest BCUT2D eigenvalue weighted by Gasteiger charge is -2.32. The van der Waals surface area contributed by atoms with Crippen LogP contribution in [0.4, 0.5) is 5.69 Å². The minimum absolute atomic E-state index is 0.0468. The maximum Gasteiger partial charge on any atom is 0.243 e. The van der Waals surface area contributed by atoms with E-state index in [-0.39, 0.29) is 50.6 Å². The van der Waals surface area contributed by atoms with Crippen molar-refractivity contribution in [2.24, 2.45) is 0 Å². The number of rotatable bonds is 14. The van der Waals surface area contributed by atoms with Crippen LogP contribution in [0, 0.1) is 0 Å². The molecular weight excluding hydrogens is 554 g/mol. The first-order valence-electron chi connectivity index (χ1n) is 14.2. The summed E-state index contributed by atoms with van der Waals surface area (Å²) in [6.07, 6.45) is 2.57. The second-order valence-electron chi connectivity index (χ2n) is 10.5. The second kappa shape index (κ2) is 14.2. The Hall–Kier alpha value is -4.05. The highest BCUT2D eigenvalue weighted by Crippen LogP contribution is 2.36. The highest BCUT2D eigenvalue weighted by Gasteiger charge is 2.31. The van der Waals surface area contributed by atoms with Crippen LogP contribution < -0.4 is 19.1 Å². The van der Waals surface area contributed by atoms with E-state index in [4.69, 9.17) is 9.47 Å². The molecule has 1 aliphatic rings. The number of ether oxygens (including phenoxy) is 2. The summed E-state index contributed by atoms with van der Waals surface area (Å²) >= 11 is 0. The SMILES string of the molecule is CC[C@H](C)NC(=O)[C@H](Cc1ccccc1)N(Cc1ccccc1)C(=O)CCCN(c1ccc2c(c1)OCO2)S(C)(=O)=O. The van der Waals surface area contributed by atoms with Gasteiger partial charge >= 0.3 is 0 Å². The van der Waals surface area contributed by atoms with Crippen molar-refractivity contribution in [2.45, 2.75) is 58.2 Å². The molecule has 2 atom stereocenters. The van der Waals surface area contributed by atoms with E-state index in [2.05, 4.69) is 5.32 Å². The van der Waals surface area contributed by atoms with Gasteiger partial charge in [0.1, 0.15) is 6.04 Å². The van der Waals surface area contributed by atoms with Crippen molar-refractivity contribution in [1.29, 1.82) is 0 Å². The number of nitrogens with one attached hydrogen (secondary N) is 1. The number of carbonyl (C=O) groups excluding carboxylic acids is 2. The summed E-state index contributed by atoms with van der Waals surface area (Å²) in [5.74, 6) is 0.593. The molecule has 10 heteroatoms. The third-order valence-corrected chi connectivity index (χ3v) is 8.46. The number of carbonyl (C=O) groups is 2. The Balaban J connectivity index is 1.56. The third kappa shape index (κ3) is 8.25. The smallest absolute Gasteiger partial charge is 0.243 e. The predicted molar refractivity (Wildman–Crippen MR) is 163 cm³/mol. The lowest BCUT2D eigenvalue weighted by atomic mass is 10.0. The van der Waals surface area contributed by atoms with E-state index >= 15 is 0 Å². The van der Waals surface area contributed by atoms with Crippen LogP contribution in [0.5, 0.6) is 11.5 Å². The maximum absolute atomic E-state index is 13.9. The molecule has 0 fully saturated rings. The molecule has 3 aromatic rings. The Morgan fingerprint density at radius 3 is 2.21 bits per heavy atom. The number of benzene rings is 3. The van der Waals surface area contributed by atoms with E-state index in [0.29, 0.717) is 23.6 Å². The molecule has 1 N–H and O–H groups in total. The van der Waals surface area contributed by atoms with Crippen LogP contribution in [0.15, 0.2) is 78.9 Å². The summed E-state index contributed by atoms with van der Waals surface area (Å²) in [6, 6.07) is 23.4. The molecule has 9 nitrogen and oxygen atoms in total. The van der Waals surface area contributed by atoms with Crippen LogP contribution in [0.2, 0.25) is 0 Å². The molecule has 2 amide bonds. The first-order chi connectivity index (χ1) is 20.2. The molecule has 0 saturated carbocycles. The zero-order valence-electron chi connectivity index (χ0n) is 24.4. The van der Waals surface area contributed by atoms with E-state index in [1.807, 2.05) is 74.5 Å². The van der Waals surface area contributed by atoms with E-state index in [0.717, 1.165) is 23.8 Å². The molecule has 224 valence electrons. The van der Waals surface area contributed by atoms with Gasteiger partial charge in [0.05, 0.1) is 11.9 Å². The maximum atomic E-state index is 13.9. The summed E-state index contributed by atoms with van der Waals surface area (Å²) in [7, 11) is -3.64. The zero-order valence-corrected chi connectivity index (χ0v) is 25.2. The molecule has 0 bridgehead atoms. The van der Waals surface area contributed by atoms with E-state index in [1.54, 1.807) is 23.1 Å². The minimum atomic E-state index is -3.64. The van der Waals surface area contributed by atoms with Gasteiger partial charge in [0.15, 0.2) is 11.5 Å². The van der Waals surface area contributed by atoms with Gasteiger partial charge in [-0.25, -0.2) is 8.42 Å². The van der Waals surface area contributed by atoms with Crippen LogP contribution in [0.25, 0.3) is 0 Å². The number of hydrogen-bond acceptors (Lipinski definition) is 6. The Kier molecular flexibility index (Phi) is 10.5. The molecule has 0 spiro atoms. The number of nitrogens with zero attached hydrogens (tertiary/aromatic N) is 2. The molecule has 0 saturated heterocycles. The van der Waals surface area contributed by atoms with E-state index < -0.39 is 16.1 Å². The van der Waals surface area contributed by atoms with Crippen molar-refractivity contribution >= 4 is 27.5 Å². The van der Waals surface area contributed by atoms with Gasteiger partial charge in [-0.15, -0.1) is 0 Å². The zero-order chi connectivity index (χ0) is 30.1. The standard InChI is InChI=1S/C32H39N3O6S/c1-4-24(2)33-32(37)28(20-25-12-7-5-8-13-25)34(22-26-14-9-6-10-15-26)31(36)16-11-19-35(42(3,38)39)27-17-18-29-30(21-27)41-23-40-29/h5-10,12-15,17-18,21,24,28H,4,11,16,19-20,22-23H2,1-3H3,(H,33,37)/t24-,28-/m0/s1. The topological polar surface area (TPSA) is 105 Å². The normalized spacial score (nSPS) is 13.7. The van der Waals surface area contributed by atoms with Crippen molar-refractivity contribution in [3.63, 3.8) is 0 Å². The van der Waals surface area contributed by atoms with Crippen LogP contribution in [-0.4, -0.2) is 56.8 Å². The van der Waals surface area contributed by atoms with Crippen molar-refractivity contribution < 1.29 is 27.5 Å². The van der Waals surface area contributed by atoms with Crippen LogP contribution in [0.3, 0.4) is 0 Å². The van der Waals surface area contributed by atoms with Gasteiger partial charge in [-0.05, 0) is 43.0 Å². The number of fused-ring (bicyclic) bond motifs is 1. The van der Waals surface area contributed by atoms with Gasteiger partial charge in [-0.2, -0.15) is 0 Å². The Labute approximate surface area is 248 Å². The molecular formula is C32H39N3O6S. The van der Waals surface area contributed by atoms with Gasteiger partial charge < -0.3 is 19.7 Å². The summed E-state index contributed by atoms with van der Waals surface area (Å²) in [5.41, 5.74) is 2.28. The molecule has 1 aliphatic heterocycles. The predicted octanol–water partition coefficient (Wildman–Crippen LogP) is 4.52. The summed E-state index contributed by atoms with van der Waals surface area (Å²) < 4.78 is 37.5. The Morgan fingerprint density at radius 2 is 1.57 bits per heavy atom. The average molecular weight is 594 g/mol.